The van der Waals surface area contributed by atoms with E-state index in [-0.39, 0.29) is 11.5 Å². The first-order chi connectivity index (χ1) is 11.5. The molecule has 0 amide bonds. The fraction of sp³-hybridized carbons (Fsp3) is 0.217. The Bertz CT molecular complexity index is 899. The quantitative estimate of drug-likeness (QED) is 0.627. The molecule has 0 saturated carbocycles. The maximum atomic E-state index is 3.31. The summed E-state index contributed by atoms with van der Waals surface area (Å²) >= 11 is 0. The van der Waals surface area contributed by atoms with Crippen molar-refractivity contribution in [1.82, 2.24) is 4.90 Å². The summed E-state index contributed by atoms with van der Waals surface area (Å²) in [5, 5.41) is 0. The topological polar surface area (TPSA) is 3.24 Å². The highest BCUT2D eigenvalue weighted by Crippen LogP contribution is 2.38. The molecule has 2 aliphatic heterocycles. The lowest BCUT2D eigenvalue weighted by molar-refractivity contribution is 0.420. The first-order valence-corrected chi connectivity index (χ1v) is 8.42. The molecule has 2 heterocycles. The molecule has 0 N–H and O–H groups in total. The molecule has 24 heavy (non-hydrogen) atoms. The molecule has 0 saturated heterocycles. The van der Waals surface area contributed by atoms with E-state index in [1.807, 2.05) is 0 Å². The molecule has 1 heteroatoms. The van der Waals surface area contributed by atoms with E-state index in [1.165, 1.54) is 22.3 Å². The van der Waals surface area contributed by atoms with Gasteiger partial charge in [0.05, 0.1) is 6.04 Å². The van der Waals surface area contributed by atoms with Crippen LogP contribution in [0.1, 0.15) is 37.9 Å². The fourth-order valence-electron chi connectivity index (χ4n) is 3.22. The van der Waals surface area contributed by atoms with Gasteiger partial charge in [0.1, 0.15) is 0 Å². The molecule has 1 unspecified atom stereocenters. The molecule has 0 fully saturated rings. The Labute approximate surface area is 144 Å². The second-order valence-corrected chi connectivity index (χ2v) is 7.45. The minimum atomic E-state index is 0.134. The zero-order chi connectivity index (χ0) is 16.7. The van der Waals surface area contributed by atoms with Crippen molar-refractivity contribution in [1.29, 1.82) is 0 Å². The highest BCUT2D eigenvalue weighted by atomic mass is 15.1. The maximum Gasteiger partial charge on any atom is 0.0865 e. The van der Waals surface area contributed by atoms with E-state index in [2.05, 4.69) is 105 Å². The molecule has 0 radical (unpaired) electrons. The summed E-state index contributed by atoms with van der Waals surface area (Å²) in [6, 6.07) is 20.6. The monoisotopic (exact) mass is 311 g/mol. The predicted octanol–water partition coefficient (Wildman–Crippen LogP) is 5.52. The van der Waals surface area contributed by atoms with E-state index in [9.17, 15) is 0 Å². The predicted molar refractivity (Wildman–Crippen MR) is 100 cm³/mol. The van der Waals surface area contributed by atoms with Gasteiger partial charge in [-0.25, -0.2) is 0 Å². The third-order valence-electron chi connectivity index (χ3n) is 4.70. The largest absolute Gasteiger partial charge is 0.297 e. The van der Waals surface area contributed by atoms with Crippen LogP contribution in [-0.4, -0.2) is 4.90 Å². The van der Waals surface area contributed by atoms with Gasteiger partial charge in [0.25, 0.3) is 0 Å². The van der Waals surface area contributed by atoms with Crippen LogP contribution in [0.15, 0.2) is 72.5 Å². The van der Waals surface area contributed by atoms with Crippen LogP contribution in [-0.2, 0) is 0 Å². The minimum Gasteiger partial charge on any atom is -0.297 e. The Balaban J connectivity index is 1.76. The summed E-state index contributed by atoms with van der Waals surface area (Å²) < 4.78 is 0. The van der Waals surface area contributed by atoms with Crippen LogP contribution in [0.25, 0.3) is 11.1 Å². The van der Waals surface area contributed by atoms with Crippen molar-refractivity contribution in [2.24, 2.45) is 5.41 Å². The van der Waals surface area contributed by atoms with Gasteiger partial charge in [0.15, 0.2) is 0 Å². The van der Waals surface area contributed by atoms with Crippen LogP contribution in [0.2, 0.25) is 0 Å². The van der Waals surface area contributed by atoms with E-state index in [1.54, 1.807) is 0 Å². The van der Waals surface area contributed by atoms with Gasteiger partial charge in [0, 0.05) is 17.8 Å². The molecule has 0 aromatic heterocycles. The lowest BCUT2D eigenvalue weighted by atomic mass is 9.83. The smallest absolute Gasteiger partial charge is 0.0865 e. The van der Waals surface area contributed by atoms with Gasteiger partial charge in [-0.2, -0.15) is 0 Å². The first kappa shape index (κ1) is 14.8. The van der Waals surface area contributed by atoms with Crippen molar-refractivity contribution >= 4 is 0 Å². The summed E-state index contributed by atoms with van der Waals surface area (Å²) in [6.45, 7) is 6.72. The van der Waals surface area contributed by atoms with Crippen molar-refractivity contribution in [2.75, 3.05) is 0 Å². The Hall–Kier alpha value is -2.72. The number of fused-ring (bicyclic) bond motifs is 3. The van der Waals surface area contributed by atoms with Crippen LogP contribution in [0.3, 0.4) is 0 Å². The normalized spacial score (nSPS) is 18.2. The summed E-state index contributed by atoms with van der Waals surface area (Å²) in [6.07, 6.45) is 6.74. The molecular formula is C23H21N. The van der Waals surface area contributed by atoms with Gasteiger partial charge >= 0.3 is 0 Å². The first-order valence-electron chi connectivity index (χ1n) is 8.42. The van der Waals surface area contributed by atoms with Crippen LogP contribution < -0.4 is 0 Å². The molecule has 118 valence electrons. The average molecular weight is 311 g/mol. The van der Waals surface area contributed by atoms with Crippen LogP contribution in [0.5, 0.6) is 0 Å². The van der Waals surface area contributed by atoms with Crippen LogP contribution >= 0.6 is 0 Å². The molecule has 4 rings (SSSR count). The lowest BCUT2D eigenvalue weighted by Gasteiger charge is -2.33. The van der Waals surface area contributed by atoms with E-state index >= 15 is 0 Å². The molecule has 0 bridgehead atoms. The van der Waals surface area contributed by atoms with Crippen molar-refractivity contribution in [2.45, 2.75) is 26.8 Å². The molecular weight excluding hydrogens is 290 g/mol. The van der Waals surface area contributed by atoms with E-state index in [4.69, 9.17) is 0 Å². The molecule has 2 aromatic rings. The molecule has 0 spiro atoms. The lowest BCUT2D eigenvalue weighted by Crippen LogP contribution is -2.26. The Morgan fingerprint density at radius 3 is 2.50 bits per heavy atom. The molecule has 2 aromatic carbocycles. The standard InChI is InChI=1S/C23H21N/c1-23(2,3)20-11-12-22-21-15-19(17-7-5-4-6-8-17)10-9-18(21)13-14-24(22)16-20/h4-12,15-16,22H,1-3H3. The fourth-order valence-corrected chi connectivity index (χ4v) is 3.22. The van der Waals surface area contributed by atoms with Gasteiger partial charge in [-0.05, 0) is 45.7 Å². The van der Waals surface area contributed by atoms with Crippen molar-refractivity contribution in [3.8, 4) is 23.1 Å². The number of benzene rings is 2. The van der Waals surface area contributed by atoms with E-state index in [0.717, 1.165) is 5.56 Å². The van der Waals surface area contributed by atoms with E-state index in [0.29, 0.717) is 0 Å². The van der Waals surface area contributed by atoms with Crippen molar-refractivity contribution < 1.29 is 0 Å². The summed E-state index contributed by atoms with van der Waals surface area (Å²) in [4.78, 5) is 2.15. The minimum absolute atomic E-state index is 0.134. The summed E-state index contributed by atoms with van der Waals surface area (Å²) in [7, 11) is 0. The van der Waals surface area contributed by atoms with Gasteiger partial charge in [-0.15, -0.1) is 0 Å². The van der Waals surface area contributed by atoms with Crippen molar-refractivity contribution in [3.05, 3.63) is 83.6 Å². The number of nitrogens with zero attached hydrogens (tertiary/aromatic N) is 1. The second kappa shape index (κ2) is 5.42. The Morgan fingerprint density at radius 1 is 0.958 bits per heavy atom. The molecule has 0 aliphatic carbocycles. The van der Waals surface area contributed by atoms with Crippen LogP contribution in [0.4, 0.5) is 0 Å². The summed E-state index contributed by atoms with van der Waals surface area (Å²) in [5.41, 5.74) is 6.36. The third kappa shape index (κ3) is 2.55. The average Bonchev–Trinajstić information content (AvgIpc) is 2.60. The maximum absolute atomic E-state index is 3.31. The van der Waals surface area contributed by atoms with Gasteiger partial charge in [0.2, 0.25) is 0 Å². The number of hydrogen-bond acceptors (Lipinski definition) is 1. The highest BCUT2D eigenvalue weighted by Gasteiger charge is 2.26. The molecule has 2 aliphatic rings. The molecule has 1 atom stereocenters. The highest BCUT2D eigenvalue weighted by molar-refractivity contribution is 5.67. The zero-order valence-electron chi connectivity index (χ0n) is 14.4. The van der Waals surface area contributed by atoms with Crippen molar-refractivity contribution in [3.63, 3.8) is 0 Å². The Kier molecular flexibility index (Phi) is 3.36. The summed E-state index contributed by atoms with van der Waals surface area (Å²) in [5.74, 6) is 3.31. The van der Waals surface area contributed by atoms with Gasteiger partial charge < -0.3 is 0 Å². The third-order valence-corrected chi connectivity index (χ3v) is 4.70. The van der Waals surface area contributed by atoms with E-state index < -0.39 is 0 Å². The number of hydrogen-bond donors (Lipinski definition) is 0. The Morgan fingerprint density at radius 2 is 1.75 bits per heavy atom. The number of allylic oxidation sites excluding steroid dienone is 2. The number of rotatable bonds is 1. The SMILES string of the molecule is CC(C)(C)C1=CN2C#Cc3ccc(-c4ccccc4)cc3C2C=C1. The molecule has 1 nitrogen and oxygen atoms in total. The van der Waals surface area contributed by atoms with Crippen LogP contribution in [0, 0.1) is 17.4 Å². The zero-order valence-corrected chi connectivity index (χ0v) is 14.4. The second-order valence-electron chi connectivity index (χ2n) is 7.45. The van der Waals surface area contributed by atoms with Gasteiger partial charge in [-0.1, -0.05) is 69.3 Å². The van der Waals surface area contributed by atoms with Gasteiger partial charge in [-0.3, -0.25) is 4.90 Å².